The van der Waals surface area contributed by atoms with Gasteiger partial charge in [-0.2, -0.15) is 0 Å². The van der Waals surface area contributed by atoms with Gasteiger partial charge in [-0.05, 0) is 26.1 Å². The van der Waals surface area contributed by atoms with E-state index in [2.05, 4.69) is 10.3 Å². The van der Waals surface area contributed by atoms with Crippen LogP contribution in [0.1, 0.15) is 11.4 Å². The Labute approximate surface area is 92.4 Å². The van der Waals surface area contributed by atoms with Crippen molar-refractivity contribution in [3.8, 4) is 5.75 Å². The average Bonchev–Trinajstić information content (AvgIpc) is 2.23. The molecule has 0 aliphatic carbocycles. The van der Waals surface area contributed by atoms with Gasteiger partial charge in [0, 0.05) is 18.3 Å². The average molecular weight is 219 g/mol. The molecular formula is C11H13N3O2. The Morgan fingerprint density at radius 3 is 2.94 bits per heavy atom. The lowest BCUT2D eigenvalue weighted by Gasteiger charge is -2.07. The van der Waals surface area contributed by atoms with Crippen LogP contribution in [-0.4, -0.2) is 21.5 Å². The summed E-state index contributed by atoms with van der Waals surface area (Å²) in [6, 6.07) is 4.69. The number of nitrogens with zero attached hydrogens (tertiary/aromatic N) is 2. The minimum Gasteiger partial charge on any atom is -0.504 e. The number of aromatic nitrogens is 2. The first-order chi connectivity index (χ1) is 7.63. The minimum atomic E-state index is -0.177. The minimum absolute atomic E-state index is 0.0145. The Morgan fingerprint density at radius 2 is 2.25 bits per heavy atom. The smallest absolute Gasteiger partial charge is 0.258 e. The summed E-state index contributed by atoms with van der Waals surface area (Å²) in [5.74, 6) is 0.0145. The van der Waals surface area contributed by atoms with Crippen molar-refractivity contribution >= 4 is 5.65 Å². The normalized spacial score (nSPS) is 10.9. The van der Waals surface area contributed by atoms with Crippen molar-refractivity contribution in [2.24, 2.45) is 0 Å². The molecule has 0 fully saturated rings. The summed E-state index contributed by atoms with van der Waals surface area (Å²) in [5.41, 5.74) is 1.50. The molecule has 0 unspecified atom stereocenters. The standard InChI is InChI=1S/C11H13N3O2/c1-7-3-4-9(15)11-13-8(6-12-2)5-10(16)14(7)11/h3-5,12,15H,6H2,1-2H3. The summed E-state index contributed by atoms with van der Waals surface area (Å²) in [5, 5.41) is 12.6. The fourth-order valence-corrected chi connectivity index (χ4v) is 1.66. The number of aromatic hydroxyl groups is 1. The summed E-state index contributed by atoms with van der Waals surface area (Å²) < 4.78 is 1.40. The van der Waals surface area contributed by atoms with Gasteiger partial charge in [0.15, 0.2) is 11.4 Å². The van der Waals surface area contributed by atoms with Crippen molar-refractivity contribution in [2.45, 2.75) is 13.5 Å². The highest BCUT2D eigenvalue weighted by atomic mass is 16.3. The molecular weight excluding hydrogens is 206 g/mol. The second-order valence-corrected chi connectivity index (χ2v) is 3.64. The van der Waals surface area contributed by atoms with Crippen LogP contribution in [0.15, 0.2) is 23.0 Å². The summed E-state index contributed by atoms with van der Waals surface area (Å²) in [4.78, 5) is 16.1. The zero-order valence-corrected chi connectivity index (χ0v) is 9.19. The van der Waals surface area contributed by atoms with E-state index in [1.165, 1.54) is 10.5 Å². The van der Waals surface area contributed by atoms with E-state index in [9.17, 15) is 9.90 Å². The van der Waals surface area contributed by atoms with Gasteiger partial charge >= 0.3 is 0 Å². The maximum atomic E-state index is 11.8. The monoisotopic (exact) mass is 219 g/mol. The molecule has 0 aliphatic rings. The molecule has 0 bridgehead atoms. The van der Waals surface area contributed by atoms with E-state index < -0.39 is 0 Å². The fraction of sp³-hybridized carbons (Fsp3) is 0.273. The lowest BCUT2D eigenvalue weighted by atomic mass is 10.3. The van der Waals surface area contributed by atoms with Crippen molar-refractivity contribution < 1.29 is 5.11 Å². The highest BCUT2D eigenvalue weighted by molar-refractivity contribution is 5.53. The third-order valence-electron chi connectivity index (χ3n) is 2.39. The second-order valence-electron chi connectivity index (χ2n) is 3.64. The number of nitrogens with one attached hydrogen (secondary N) is 1. The lowest BCUT2D eigenvalue weighted by molar-refractivity contribution is 0.476. The van der Waals surface area contributed by atoms with Crippen LogP contribution in [0.25, 0.3) is 5.65 Å². The number of rotatable bonds is 2. The Hall–Kier alpha value is -1.88. The van der Waals surface area contributed by atoms with Gasteiger partial charge in [0.2, 0.25) is 0 Å². The van der Waals surface area contributed by atoms with Crippen LogP contribution >= 0.6 is 0 Å². The molecule has 2 heterocycles. The molecule has 2 aromatic heterocycles. The molecule has 84 valence electrons. The van der Waals surface area contributed by atoms with Crippen LogP contribution in [0.3, 0.4) is 0 Å². The maximum Gasteiger partial charge on any atom is 0.258 e. The van der Waals surface area contributed by atoms with Gasteiger partial charge in [-0.15, -0.1) is 0 Å². The van der Waals surface area contributed by atoms with Crippen molar-refractivity contribution in [3.05, 3.63) is 39.9 Å². The van der Waals surface area contributed by atoms with Crippen LogP contribution in [0.5, 0.6) is 5.75 Å². The molecule has 0 spiro atoms. The first-order valence-corrected chi connectivity index (χ1v) is 4.99. The van der Waals surface area contributed by atoms with E-state index in [0.29, 0.717) is 17.9 Å². The van der Waals surface area contributed by atoms with E-state index in [-0.39, 0.29) is 11.3 Å². The Bertz CT molecular complexity index is 590. The van der Waals surface area contributed by atoms with Gasteiger partial charge in [0.05, 0.1) is 5.69 Å². The highest BCUT2D eigenvalue weighted by Gasteiger charge is 2.07. The zero-order chi connectivity index (χ0) is 11.7. The van der Waals surface area contributed by atoms with Crippen LogP contribution in [-0.2, 0) is 6.54 Å². The predicted molar refractivity (Wildman–Crippen MR) is 60.6 cm³/mol. The Morgan fingerprint density at radius 1 is 1.50 bits per heavy atom. The van der Waals surface area contributed by atoms with E-state index in [0.717, 1.165) is 5.69 Å². The summed E-state index contributed by atoms with van der Waals surface area (Å²) >= 11 is 0. The third-order valence-corrected chi connectivity index (χ3v) is 2.39. The number of pyridine rings is 1. The van der Waals surface area contributed by atoms with Gasteiger partial charge in [-0.3, -0.25) is 9.20 Å². The molecule has 5 nitrogen and oxygen atoms in total. The van der Waals surface area contributed by atoms with Gasteiger partial charge in [0.25, 0.3) is 5.56 Å². The van der Waals surface area contributed by atoms with Gasteiger partial charge < -0.3 is 10.4 Å². The van der Waals surface area contributed by atoms with Crippen molar-refractivity contribution in [1.82, 2.24) is 14.7 Å². The Balaban J connectivity index is 2.81. The summed E-state index contributed by atoms with van der Waals surface area (Å²) in [6.07, 6.45) is 0. The molecule has 2 aromatic rings. The number of fused-ring (bicyclic) bond motifs is 1. The molecule has 2 N–H and O–H groups in total. The van der Waals surface area contributed by atoms with Crippen LogP contribution in [0.2, 0.25) is 0 Å². The molecule has 0 aromatic carbocycles. The van der Waals surface area contributed by atoms with Gasteiger partial charge in [-0.1, -0.05) is 0 Å². The maximum absolute atomic E-state index is 11.8. The first kappa shape index (κ1) is 10.6. The zero-order valence-electron chi connectivity index (χ0n) is 9.19. The van der Waals surface area contributed by atoms with Crippen molar-refractivity contribution in [2.75, 3.05) is 7.05 Å². The second kappa shape index (κ2) is 3.94. The van der Waals surface area contributed by atoms with Crippen LogP contribution in [0.4, 0.5) is 0 Å². The molecule has 0 radical (unpaired) electrons. The third kappa shape index (κ3) is 1.65. The van der Waals surface area contributed by atoms with Gasteiger partial charge in [-0.25, -0.2) is 4.98 Å². The van der Waals surface area contributed by atoms with E-state index >= 15 is 0 Å². The quantitative estimate of drug-likeness (QED) is 0.768. The number of aryl methyl sites for hydroxylation is 1. The first-order valence-electron chi connectivity index (χ1n) is 4.99. The number of hydrogen-bond donors (Lipinski definition) is 2. The molecule has 0 amide bonds. The molecule has 2 rings (SSSR count). The number of hydrogen-bond acceptors (Lipinski definition) is 4. The fourth-order valence-electron chi connectivity index (χ4n) is 1.66. The largest absolute Gasteiger partial charge is 0.504 e. The molecule has 0 atom stereocenters. The molecule has 16 heavy (non-hydrogen) atoms. The van der Waals surface area contributed by atoms with Crippen LogP contribution in [0, 0.1) is 6.92 Å². The lowest BCUT2D eigenvalue weighted by Crippen LogP contribution is -2.19. The molecule has 0 saturated heterocycles. The Kier molecular flexibility index (Phi) is 2.62. The topological polar surface area (TPSA) is 66.6 Å². The molecule has 0 saturated carbocycles. The van der Waals surface area contributed by atoms with Gasteiger partial charge in [0.1, 0.15) is 0 Å². The SMILES string of the molecule is CNCc1cc(=O)n2c(C)ccc(O)c2n1. The molecule has 0 aliphatic heterocycles. The summed E-state index contributed by atoms with van der Waals surface area (Å²) in [7, 11) is 1.78. The highest BCUT2D eigenvalue weighted by Crippen LogP contribution is 2.15. The van der Waals surface area contributed by atoms with E-state index in [1.807, 2.05) is 0 Å². The predicted octanol–water partition coefficient (Wildman–Crippen LogP) is 0.428. The van der Waals surface area contributed by atoms with Crippen molar-refractivity contribution in [3.63, 3.8) is 0 Å². The van der Waals surface area contributed by atoms with Crippen LogP contribution < -0.4 is 10.9 Å². The molecule has 5 heteroatoms. The summed E-state index contributed by atoms with van der Waals surface area (Å²) in [6.45, 7) is 2.30. The van der Waals surface area contributed by atoms with E-state index in [1.54, 1.807) is 26.1 Å². The van der Waals surface area contributed by atoms with E-state index in [4.69, 9.17) is 0 Å². The van der Waals surface area contributed by atoms with Crippen molar-refractivity contribution in [1.29, 1.82) is 0 Å².